The van der Waals surface area contributed by atoms with E-state index in [2.05, 4.69) is 15.5 Å². The van der Waals surface area contributed by atoms with Gasteiger partial charge < -0.3 is 20.3 Å². The fraction of sp³-hybridized carbons (Fsp3) is 0.273. The molecule has 150 valence electrons. The van der Waals surface area contributed by atoms with E-state index in [0.29, 0.717) is 16.5 Å². The number of piperidine rings is 1. The monoisotopic (exact) mass is 410 g/mol. The second kappa shape index (κ2) is 9.85. The maximum absolute atomic E-state index is 12.5. The molecule has 1 amide bonds. The first kappa shape index (κ1) is 20.6. The molecule has 0 bridgehead atoms. The van der Waals surface area contributed by atoms with E-state index in [-0.39, 0.29) is 5.57 Å². The number of ether oxygens (including phenoxy) is 1. The van der Waals surface area contributed by atoms with Crippen molar-refractivity contribution in [2.75, 3.05) is 35.7 Å². The van der Waals surface area contributed by atoms with Crippen LogP contribution in [0, 0.1) is 11.3 Å². The highest BCUT2D eigenvalue weighted by molar-refractivity contribution is 6.31. The van der Waals surface area contributed by atoms with E-state index >= 15 is 0 Å². The van der Waals surface area contributed by atoms with E-state index in [1.807, 2.05) is 30.3 Å². The summed E-state index contributed by atoms with van der Waals surface area (Å²) in [6.07, 6.45) is 5.13. The number of benzene rings is 2. The molecule has 0 spiro atoms. The average molecular weight is 411 g/mol. The average Bonchev–Trinajstić information content (AvgIpc) is 2.75. The Kier molecular flexibility index (Phi) is 6.99. The number of hydrogen-bond donors (Lipinski definition) is 2. The number of nitriles is 1. The molecular formula is C22H23ClN4O2. The molecule has 2 aromatic rings. The Bertz CT molecular complexity index is 929. The first-order chi connectivity index (χ1) is 14.1. The third-order valence-corrected chi connectivity index (χ3v) is 4.98. The van der Waals surface area contributed by atoms with Crippen LogP contribution in [0.4, 0.5) is 17.1 Å². The number of nitrogens with one attached hydrogen (secondary N) is 2. The number of halogens is 1. The van der Waals surface area contributed by atoms with Crippen molar-refractivity contribution in [1.82, 2.24) is 0 Å². The first-order valence-corrected chi connectivity index (χ1v) is 9.85. The van der Waals surface area contributed by atoms with Crippen LogP contribution in [0.3, 0.4) is 0 Å². The van der Waals surface area contributed by atoms with Gasteiger partial charge in [-0.15, -0.1) is 0 Å². The molecule has 0 unspecified atom stereocenters. The van der Waals surface area contributed by atoms with Crippen LogP contribution in [-0.4, -0.2) is 26.1 Å². The zero-order chi connectivity index (χ0) is 20.6. The van der Waals surface area contributed by atoms with Gasteiger partial charge in [0.15, 0.2) is 0 Å². The lowest BCUT2D eigenvalue weighted by molar-refractivity contribution is -0.112. The third-order valence-electron chi connectivity index (χ3n) is 4.75. The Balaban J connectivity index is 1.66. The Morgan fingerprint density at radius 1 is 1.17 bits per heavy atom. The molecule has 7 heteroatoms. The van der Waals surface area contributed by atoms with E-state index in [9.17, 15) is 10.1 Å². The van der Waals surface area contributed by atoms with E-state index in [0.717, 1.165) is 18.8 Å². The topological polar surface area (TPSA) is 77.4 Å². The van der Waals surface area contributed by atoms with Gasteiger partial charge in [-0.2, -0.15) is 5.26 Å². The molecular weight excluding hydrogens is 388 g/mol. The number of rotatable bonds is 6. The zero-order valence-corrected chi connectivity index (χ0v) is 17.0. The number of carbonyl (C=O) groups is 1. The largest absolute Gasteiger partial charge is 0.495 e. The van der Waals surface area contributed by atoms with Crippen molar-refractivity contribution < 1.29 is 9.53 Å². The second-order valence-corrected chi connectivity index (χ2v) is 7.14. The van der Waals surface area contributed by atoms with Gasteiger partial charge in [0.05, 0.1) is 12.8 Å². The summed E-state index contributed by atoms with van der Waals surface area (Å²) in [6.45, 7) is 2.16. The highest BCUT2D eigenvalue weighted by Crippen LogP contribution is 2.28. The SMILES string of the molecule is COc1ccc(Cl)cc1NC(=O)/C(C#N)=C\Nc1ccc(N2CCCCC2)cc1. The fourth-order valence-electron chi connectivity index (χ4n) is 3.19. The first-order valence-electron chi connectivity index (χ1n) is 9.47. The molecule has 0 aliphatic carbocycles. The molecule has 1 fully saturated rings. The van der Waals surface area contributed by atoms with Crippen LogP contribution in [0.2, 0.25) is 5.02 Å². The molecule has 6 nitrogen and oxygen atoms in total. The lowest BCUT2D eigenvalue weighted by atomic mass is 10.1. The van der Waals surface area contributed by atoms with Gasteiger partial charge in [0.1, 0.15) is 17.4 Å². The van der Waals surface area contributed by atoms with Crippen molar-refractivity contribution >= 4 is 34.6 Å². The predicted octanol–water partition coefficient (Wildman–Crippen LogP) is 4.80. The van der Waals surface area contributed by atoms with Crippen molar-refractivity contribution in [2.24, 2.45) is 0 Å². The molecule has 1 aliphatic heterocycles. The summed E-state index contributed by atoms with van der Waals surface area (Å²) < 4.78 is 5.21. The standard InChI is InChI=1S/C22H23ClN4O2/c1-29-21-10-5-17(23)13-20(21)26-22(28)16(14-24)15-25-18-6-8-19(9-7-18)27-11-3-2-4-12-27/h5-10,13,15,25H,2-4,11-12H2,1H3,(H,26,28)/b16-15-. The Morgan fingerprint density at radius 3 is 2.55 bits per heavy atom. The van der Waals surface area contributed by atoms with Gasteiger partial charge in [0, 0.05) is 35.7 Å². The zero-order valence-electron chi connectivity index (χ0n) is 16.2. The smallest absolute Gasteiger partial charge is 0.267 e. The molecule has 0 radical (unpaired) electrons. The van der Waals surface area contributed by atoms with Crippen molar-refractivity contribution in [3.63, 3.8) is 0 Å². The quantitative estimate of drug-likeness (QED) is 0.528. The van der Waals surface area contributed by atoms with Gasteiger partial charge in [-0.3, -0.25) is 4.79 Å². The molecule has 1 saturated heterocycles. The molecule has 3 rings (SSSR count). The normalized spacial score (nSPS) is 14.1. The highest BCUT2D eigenvalue weighted by Gasteiger charge is 2.13. The molecule has 29 heavy (non-hydrogen) atoms. The predicted molar refractivity (Wildman–Crippen MR) is 116 cm³/mol. The van der Waals surface area contributed by atoms with Crippen LogP contribution >= 0.6 is 11.6 Å². The van der Waals surface area contributed by atoms with E-state index in [1.54, 1.807) is 18.2 Å². The Labute approximate surface area is 175 Å². The van der Waals surface area contributed by atoms with Crippen LogP contribution in [-0.2, 0) is 4.79 Å². The van der Waals surface area contributed by atoms with Gasteiger partial charge in [-0.25, -0.2) is 0 Å². The molecule has 1 heterocycles. The summed E-state index contributed by atoms with van der Waals surface area (Å²) >= 11 is 5.98. The van der Waals surface area contributed by atoms with Crippen LogP contribution < -0.4 is 20.3 Å². The lowest BCUT2D eigenvalue weighted by Crippen LogP contribution is -2.29. The number of amides is 1. The summed E-state index contributed by atoms with van der Waals surface area (Å²) in [5.41, 5.74) is 2.32. The molecule has 1 aliphatic rings. The number of anilines is 3. The molecule has 0 saturated carbocycles. The maximum Gasteiger partial charge on any atom is 0.267 e. The maximum atomic E-state index is 12.5. The summed E-state index contributed by atoms with van der Waals surface area (Å²) in [5, 5.41) is 15.5. The minimum atomic E-state index is -0.550. The van der Waals surface area contributed by atoms with Crippen LogP contribution in [0.1, 0.15) is 19.3 Å². The number of methoxy groups -OCH3 is 1. The van der Waals surface area contributed by atoms with Crippen molar-refractivity contribution in [2.45, 2.75) is 19.3 Å². The summed E-state index contributed by atoms with van der Waals surface area (Å²) in [6, 6.07) is 14.8. The molecule has 2 N–H and O–H groups in total. The minimum absolute atomic E-state index is 0.0628. The highest BCUT2D eigenvalue weighted by atomic mass is 35.5. The molecule has 2 aromatic carbocycles. The van der Waals surface area contributed by atoms with Crippen LogP contribution in [0.15, 0.2) is 54.2 Å². The number of nitrogens with zero attached hydrogens (tertiary/aromatic N) is 2. The number of carbonyl (C=O) groups excluding carboxylic acids is 1. The van der Waals surface area contributed by atoms with E-state index in [1.165, 1.54) is 38.3 Å². The minimum Gasteiger partial charge on any atom is -0.495 e. The van der Waals surface area contributed by atoms with Gasteiger partial charge >= 0.3 is 0 Å². The van der Waals surface area contributed by atoms with Crippen LogP contribution in [0.25, 0.3) is 0 Å². The molecule has 0 atom stereocenters. The van der Waals surface area contributed by atoms with Crippen molar-refractivity contribution in [3.05, 3.63) is 59.3 Å². The number of hydrogen-bond acceptors (Lipinski definition) is 5. The molecule has 0 aromatic heterocycles. The summed E-state index contributed by atoms with van der Waals surface area (Å²) in [4.78, 5) is 14.8. The van der Waals surface area contributed by atoms with Gasteiger partial charge in [0.25, 0.3) is 5.91 Å². The van der Waals surface area contributed by atoms with Gasteiger partial charge in [0.2, 0.25) is 0 Å². The van der Waals surface area contributed by atoms with E-state index in [4.69, 9.17) is 16.3 Å². The van der Waals surface area contributed by atoms with Gasteiger partial charge in [-0.1, -0.05) is 11.6 Å². The summed E-state index contributed by atoms with van der Waals surface area (Å²) in [7, 11) is 1.50. The van der Waals surface area contributed by atoms with Crippen molar-refractivity contribution in [1.29, 1.82) is 5.26 Å². The Hall–Kier alpha value is -3.17. The lowest BCUT2D eigenvalue weighted by Gasteiger charge is -2.28. The summed E-state index contributed by atoms with van der Waals surface area (Å²) in [5.74, 6) is -0.0909. The fourth-order valence-corrected chi connectivity index (χ4v) is 3.36. The van der Waals surface area contributed by atoms with Crippen molar-refractivity contribution in [3.8, 4) is 11.8 Å². The van der Waals surface area contributed by atoms with E-state index < -0.39 is 5.91 Å². The Morgan fingerprint density at radius 2 is 1.90 bits per heavy atom. The second-order valence-electron chi connectivity index (χ2n) is 6.71. The van der Waals surface area contributed by atoms with Crippen LogP contribution in [0.5, 0.6) is 5.75 Å². The van der Waals surface area contributed by atoms with Gasteiger partial charge in [-0.05, 0) is 61.7 Å². The third kappa shape index (κ3) is 5.43.